The average Bonchev–Trinajstić information content (AvgIpc) is 3.07. The van der Waals surface area contributed by atoms with Crippen molar-refractivity contribution in [2.75, 3.05) is 13.7 Å². The summed E-state index contributed by atoms with van der Waals surface area (Å²) in [6.45, 7) is 8.47. The number of imidazole rings is 1. The van der Waals surface area contributed by atoms with E-state index in [1.54, 1.807) is 13.2 Å². The fraction of sp³-hybridized carbons (Fsp3) is 0.455. The third-order valence-electron chi connectivity index (χ3n) is 5.20. The number of hydrogen-bond donors (Lipinski definition) is 0. The SMILES string of the molecule is CCc1nc2c(-c3ccc(C(C)=O)nc3C)ccnc2n1C(CC)CCOC. The summed E-state index contributed by atoms with van der Waals surface area (Å²) >= 11 is 0. The first-order valence-electron chi connectivity index (χ1n) is 9.85. The number of carbonyl (C=O) groups excluding carboxylic acids is 1. The number of methoxy groups -OCH3 is 1. The molecule has 3 aromatic rings. The van der Waals surface area contributed by atoms with Gasteiger partial charge in [-0.25, -0.2) is 15.0 Å². The number of ketones is 1. The Hall–Kier alpha value is -2.60. The molecule has 0 radical (unpaired) electrons. The van der Waals surface area contributed by atoms with E-state index in [0.29, 0.717) is 18.3 Å². The highest BCUT2D eigenvalue weighted by atomic mass is 16.5. The fourth-order valence-corrected chi connectivity index (χ4v) is 3.70. The summed E-state index contributed by atoms with van der Waals surface area (Å²) in [5, 5.41) is 0. The molecule has 148 valence electrons. The summed E-state index contributed by atoms with van der Waals surface area (Å²) in [6, 6.07) is 6.01. The number of fused-ring (bicyclic) bond motifs is 1. The molecule has 3 heterocycles. The second-order valence-corrected chi connectivity index (χ2v) is 7.01. The Morgan fingerprint density at radius 1 is 1.18 bits per heavy atom. The summed E-state index contributed by atoms with van der Waals surface area (Å²) in [5.74, 6) is 1.000. The predicted octanol–water partition coefficient (Wildman–Crippen LogP) is 4.55. The van der Waals surface area contributed by atoms with Crippen molar-refractivity contribution in [3.05, 3.63) is 41.6 Å². The molecule has 0 saturated heterocycles. The lowest BCUT2D eigenvalue weighted by Crippen LogP contribution is -2.14. The molecule has 6 nitrogen and oxygen atoms in total. The van der Waals surface area contributed by atoms with Crippen molar-refractivity contribution in [1.29, 1.82) is 0 Å². The lowest BCUT2D eigenvalue weighted by atomic mass is 10.0. The van der Waals surface area contributed by atoms with E-state index in [9.17, 15) is 4.79 Å². The van der Waals surface area contributed by atoms with E-state index in [0.717, 1.165) is 53.1 Å². The normalized spacial score (nSPS) is 12.5. The Labute approximate surface area is 166 Å². The number of aromatic nitrogens is 4. The Kier molecular flexibility index (Phi) is 6.19. The number of Topliss-reactive ketones (excluding diaryl/α,β-unsaturated/α-hetero) is 1. The highest BCUT2D eigenvalue weighted by molar-refractivity contribution is 5.94. The number of aryl methyl sites for hydroxylation is 2. The predicted molar refractivity (Wildman–Crippen MR) is 111 cm³/mol. The summed E-state index contributed by atoms with van der Waals surface area (Å²) in [4.78, 5) is 25.7. The van der Waals surface area contributed by atoms with Gasteiger partial charge in [-0.2, -0.15) is 0 Å². The number of rotatable bonds is 8. The van der Waals surface area contributed by atoms with Crippen molar-refractivity contribution in [2.45, 2.75) is 53.0 Å². The zero-order valence-corrected chi connectivity index (χ0v) is 17.3. The van der Waals surface area contributed by atoms with Gasteiger partial charge in [0.05, 0.1) is 0 Å². The van der Waals surface area contributed by atoms with Crippen LogP contribution in [-0.4, -0.2) is 39.0 Å². The van der Waals surface area contributed by atoms with Crippen LogP contribution < -0.4 is 0 Å². The lowest BCUT2D eigenvalue weighted by Gasteiger charge is -2.19. The van der Waals surface area contributed by atoms with Gasteiger partial charge in [-0.3, -0.25) is 4.79 Å². The summed E-state index contributed by atoms with van der Waals surface area (Å²) in [6.07, 6.45) is 4.57. The smallest absolute Gasteiger partial charge is 0.178 e. The monoisotopic (exact) mass is 380 g/mol. The van der Waals surface area contributed by atoms with Gasteiger partial charge in [0.25, 0.3) is 0 Å². The molecule has 0 fully saturated rings. The molecular weight excluding hydrogens is 352 g/mol. The van der Waals surface area contributed by atoms with Crippen LogP contribution in [0, 0.1) is 6.92 Å². The number of pyridine rings is 2. The van der Waals surface area contributed by atoms with Crippen LogP contribution >= 0.6 is 0 Å². The van der Waals surface area contributed by atoms with Gasteiger partial charge in [0.15, 0.2) is 11.4 Å². The Balaban J connectivity index is 2.18. The molecule has 0 aromatic carbocycles. The van der Waals surface area contributed by atoms with Crippen LogP contribution in [0.3, 0.4) is 0 Å². The van der Waals surface area contributed by atoms with Gasteiger partial charge in [0, 0.05) is 56.1 Å². The number of hydrogen-bond acceptors (Lipinski definition) is 5. The fourth-order valence-electron chi connectivity index (χ4n) is 3.70. The van der Waals surface area contributed by atoms with Crippen molar-refractivity contribution in [3.8, 4) is 11.1 Å². The second kappa shape index (κ2) is 8.61. The van der Waals surface area contributed by atoms with E-state index in [4.69, 9.17) is 9.72 Å². The van der Waals surface area contributed by atoms with E-state index < -0.39 is 0 Å². The summed E-state index contributed by atoms with van der Waals surface area (Å²) in [5.41, 5.74) is 5.06. The Bertz CT molecular complexity index is 994. The highest BCUT2D eigenvalue weighted by Gasteiger charge is 2.21. The largest absolute Gasteiger partial charge is 0.385 e. The van der Waals surface area contributed by atoms with Crippen LogP contribution in [0.25, 0.3) is 22.3 Å². The van der Waals surface area contributed by atoms with E-state index in [-0.39, 0.29) is 5.78 Å². The number of carbonyl (C=O) groups is 1. The molecule has 0 spiro atoms. The van der Waals surface area contributed by atoms with Crippen LogP contribution in [0.4, 0.5) is 0 Å². The molecule has 6 heteroatoms. The van der Waals surface area contributed by atoms with Crippen LogP contribution in [-0.2, 0) is 11.2 Å². The van der Waals surface area contributed by atoms with Crippen LogP contribution in [0.5, 0.6) is 0 Å². The molecule has 1 unspecified atom stereocenters. The van der Waals surface area contributed by atoms with Crippen LogP contribution in [0.15, 0.2) is 24.4 Å². The second-order valence-electron chi connectivity index (χ2n) is 7.01. The molecule has 0 N–H and O–H groups in total. The molecule has 0 aliphatic heterocycles. The molecule has 0 aliphatic rings. The van der Waals surface area contributed by atoms with Gasteiger partial charge in [0.2, 0.25) is 0 Å². The zero-order chi connectivity index (χ0) is 20.3. The minimum atomic E-state index is -0.0315. The van der Waals surface area contributed by atoms with Crippen molar-refractivity contribution in [2.24, 2.45) is 0 Å². The maximum atomic E-state index is 11.6. The minimum absolute atomic E-state index is 0.0315. The molecule has 0 bridgehead atoms. The van der Waals surface area contributed by atoms with E-state index >= 15 is 0 Å². The van der Waals surface area contributed by atoms with Crippen molar-refractivity contribution in [3.63, 3.8) is 0 Å². The third-order valence-corrected chi connectivity index (χ3v) is 5.20. The zero-order valence-electron chi connectivity index (χ0n) is 17.3. The Morgan fingerprint density at radius 2 is 1.96 bits per heavy atom. The minimum Gasteiger partial charge on any atom is -0.385 e. The van der Waals surface area contributed by atoms with Gasteiger partial charge in [-0.05, 0) is 31.9 Å². The Morgan fingerprint density at radius 3 is 2.57 bits per heavy atom. The van der Waals surface area contributed by atoms with E-state index in [1.165, 1.54) is 6.92 Å². The molecule has 0 aliphatic carbocycles. The van der Waals surface area contributed by atoms with Gasteiger partial charge in [0.1, 0.15) is 17.0 Å². The number of ether oxygens (including phenoxy) is 1. The lowest BCUT2D eigenvalue weighted by molar-refractivity contribution is 0.101. The standard InChI is InChI=1S/C22H28N4O2/c1-6-16(11-13-28-5)26-20(7-2)25-21-18(10-12-23-22(21)26)17-8-9-19(15(4)27)24-14(17)3/h8-10,12,16H,6-7,11,13H2,1-5H3. The molecular formula is C22H28N4O2. The highest BCUT2D eigenvalue weighted by Crippen LogP contribution is 2.32. The van der Waals surface area contributed by atoms with Gasteiger partial charge in [-0.1, -0.05) is 19.9 Å². The summed E-state index contributed by atoms with van der Waals surface area (Å²) in [7, 11) is 1.73. The van der Waals surface area contributed by atoms with E-state index in [1.807, 2.05) is 25.3 Å². The van der Waals surface area contributed by atoms with Crippen LogP contribution in [0.1, 0.15) is 61.7 Å². The third kappa shape index (κ3) is 3.69. The van der Waals surface area contributed by atoms with Gasteiger partial charge < -0.3 is 9.30 Å². The molecule has 1 atom stereocenters. The first-order chi connectivity index (χ1) is 13.5. The topological polar surface area (TPSA) is 69.9 Å². The average molecular weight is 380 g/mol. The molecule has 3 rings (SSSR count). The first kappa shape index (κ1) is 20.1. The maximum absolute atomic E-state index is 11.6. The number of nitrogens with zero attached hydrogens (tertiary/aromatic N) is 4. The van der Waals surface area contributed by atoms with Crippen molar-refractivity contribution < 1.29 is 9.53 Å². The molecule has 0 amide bonds. The van der Waals surface area contributed by atoms with Crippen molar-refractivity contribution >= 4 is 16.9 Å². The quantitative estimate of drug-likeness (QED) is 0.536. The van der Waals surface area contributed by atoms with Gasteiger partial charge in [-0.15, -0.1) is 0 Å². The molecule has 28 heavy (non-hydrogen) atoms. The van der Waals surface area contributed by atoms with Crippen LogP contribution in [0.2, 0.25) is 0 Å². The first-order valence-corrected chi connectivity index (χ1v) is 9.85. The van der Waals surface area contributed by atoms with E-state index in [2.05, 4.69) is 28.4 Å². The van der Waals surface area contributed by atoms with Crippen molar-refractivity contribution in [1.82, 2.24) is 19.5 Å². The molecule has 0 saturated carbocycles. The molecule has 3 aromatic heterocycles. The summed E-state index contributed by atoms with van der Waals surface area (Å²) < 4.78 is 7.58. The maximum Gasteiger partial charge on any atom is 0.178 e. The van der Waals surface area contributed by atoms with Gasteiger partial charge >= 0.3 is 0 Å².